The van der Waals surface area contributed by atoms with E-state index in [-0.39, 0.29) is 17.9 Å². The van der Waals surface area contributed by atoms with Crippen LogP contribution in [0.4, 0.5) is 5.82 Å². The monoisotopic (exact) mass is 481 g/mol. The van der Waals surface area contributed by atoms with Gasteiger partial charge in [0.05, 0.1) is 37.1 Å². The van der Waals surface area contributed by atoms with Crippen LogP contribution in [-0.2, 0) is 18.3 Å². The SMILES string of the molecule is Cc1cc(-c2nnn(C)n2)cc(C)c1-c1cccc2c1CC[C@H]2Nc1cnc([C@H]2C[C@@H]2C(=O)O)cn1. The first-order chi connectivity index (χ1) is 17.4. The summed E-state index contributed by atoms with van der Waals surface area (Å²) < 4.78 is 0. The maximum atomic E-state index is 11.1. The van der Waals surface area contributed by atoms with Gasteiger partial charge in [-0.15, -0.1) is 10.2 Å². The number of aromatic nitrogens is 6. The Morgan fingerprint density at radius 3 is 2.58 bits per heavy atom. The zero-order chi connectivity index (χ0) is 25.0. The van der Waals surface area contributed by atoms with Gasteiger partial charge in [-0.2, -0.15) is 4.80 Å². The molecule has 2 heterocycles. The van der Waals surface area contributed by atoms with E-state index in [1.54, 1.807) is 19.4 Å². The second kappa shape index (κ2) is 8.51. The van der Waals surface area contributed by atoms with Crippen LogP contribution in [-0.4, -0.2) is 41.3 Å². The average molecular weight is 482 g/mol. The van der Waals surface area contributed by atoms with Gasteiger partial charge in [0.25, 0.3) is 0 Å². The van der Waals surface area contributed by atoms with Crippen molar-refractivity contribution in [2.45, 2.75) is 45.1 Å². The number of aryl methyl sites for hydroxylation is 3. The number of nitrogens with zero attached hydrogens (tertiary/aromatic N) is 6. The third-order valence-electron chi connectivity index (χ3n) is 7.32. The molecule has 6 rings (SSSR count). The summed E-state index contributed by atoms with van der Waals surface area (Å²) in [6.45, 7) is 4.27. The van der Waals surface area contributed by atoms with E-state index in [1.807, 2.05) is 0 Å². The lowest BCUT2D eigenvalue weighted by atomic mass is 9.89. The minimum atomic E-state index is -0.757. The number of nitrogens with one attached hydrogen (secondary N) is 1. The molecule has 2 aromatic heterocycles. The molecule has 9 nitrogen and oxygen atoms in total. The Balaban J connectivity index is 1.25. The summed E-state index contributed by atoms with van der Waals surface area (Å²) in [6.07, 6.45) is 6.03. The molecule has 2 aromatic carbocycles. The molecule has 2 aliphatic carbocycles. The van der Waals surface area contributed by atoms with E-state index < -0.39 is 5.97 Å². The Labute approximate surface area is 208 Å². The molecule has 0 amide bonds. The van der Waals surface area contributed by atoms with Crippen molar-refractivity contribution >= 4 is 11.8 Å². The molecule has 1 fully saturated rings. The van der Waals surface area contributed by atoms with Gasteiger partial charge in [-0.3, -0.25) is 9.78 Å². The molecular formula is C27H27N7O2. The first-order valence-electron chi connectivity index (χ1n) is 12.2. The number of hydrogen-bond donors (Lipinski definition) is 2. The van der Waals surface area contributed by atoms with Crippen LogP contribution in [0.2, 0.25) is 0 Å². The number of hydrogen-bond acceptors (Lipinski definition) is 7. The van der Waals surface area contributed by atoms with Crippen LogP contribution < -0.4 is 5.32 Å². The maximum Gasteiger partial charge on any atom is 0.307 e. The first-order valence-corrected chi connectivity index (χ1v) is 12.2. The fourth-order valence-electron chi connectivity index (χ4n) is 5.53. The Hall–Kier alpha value is -4.14. The van der Waals surface area contributed by atoms with Crippen LogP contribution in [0.1, 0.15) is 52.7 Å². The van der Waals surface area contributed by atoms with Gasteiger partial charge in [0.1, 0.15) is 5.82 Å². The molecule has 0 radical (unpaired) electrons. The van der Waals surface area contributed by atoms with Gasteiger partial charge in [0.15, 0.2) is 0 Å². The molecule has 182 valence electrons. The number of benzene rings is 2. The highest BCUT2D eigenvalue weighted by Gasteiger charge is 2.45. The minimum absolute atomic E-state index is 0.0126. The molecular weight excluding hydrogens is 454 g/mol. The van der Waals surface area contributed by atoms with Crippen molar-refractivity contribution in [3.05, 3.63) is 70.7 Å². The summed E-state index contributed by atoms with van der Waals surface area (Å²) in [6, 6.07) is 10.9. The van der Waals surface area contributed by atoms with Gasteiger partial charge in [-0.1, -0.05) is 18.2 Å². The Morgan fingerprint density at radius 1 is 1.14 bits per heavy atom. The van der Waals surface area contributed by atoms with E-state index >= 15 is 0 Å². The van der Waals surface area contributed by atoms with Crippen LogP contribution in [0, 0.1) is 19.8 Å². The summed E-state index contributed by atoms with van der Waals surface area (Å²) in [7, 11) is 1.77. The van der Waals surface area contributed by atoms with Gasteiger partial charge in [-0.05, 0) is 83.8 Å². The molecule has 0 aliphatic heterocycles. The van der Waals surface area contributed by atoms with Crippen LogP contribution in [0.5, 0.6) is 0 Å². The fourth-order valence-corrected chi connectivity index (χ4v) is 5.53. The highest BCUT2D eigenvalue weighted by Crippen LogP contribution is 2.47. The van der Waals surface area contributed by atoms with Gasteiger partial charge < -0.3 is 10.4 Å². The summed E-state index contributed by atoms with van der Waals surface area (Å²) in [5.41, 5.74) is 9.25. The molecule has 0 spiro atoms. The van der Waals surface area contributed by atoms with E-state index in [0.717, 1.165) is 24.1 Å². The molecule has 1 saturated carbocycles. The van der Waals surface area contributed by atoms with E-state index in [1.165, 1.54) is 38.2 Å². The van der Waals surface area contributed by atoms with Crippen molar-refractivity contribution in [2.75, 3.05) is 5.32 Å². The molecule has 2 aliphatic rings. The minimum Gasteiger partial charge on any atom is -0.481 e. The van der Waals surface area contributed by atoms with Gasteiger partial charge in [0.2, 0.25) is 5.82 Å². The van der Waals surface area contributed by atoms with Crippen molar-refractivity contribution in [3.8, 4) is 22.5 Å². The number of tetrazole rings is 1. The van der Waals surface area contributed by atoms with E-state index in [4.69, 9.17) is 5.11 Å². The van der Waals surface area contributed by atoms with Crippen LogP contribution in [0.3, 0.4) is 0 Å². The molecule has 0 unspecified atom stereocenters. The van der Waals surface area contributed by atoms with Gasteiger partial charge in [0, 0.05) is 11.5 Å². The van der Waals surface area contributed by atoms with Crippen molar-refractivity contribution in [3.63, 3.8) is 0 Å². The molecule has 36 heavy (non-hydrogen) atoms. The topological polar surface area (TPSA) is 119 Å². The van der Waals surface area contributed by atoms with Crippen molar-refractivity contribution in [1.82, 2.24) is 30.2 Å². The van der Waals surface area contributed by atoms with Gasteiger partial charge in [-0.25, -0.2) is 4.98 Å². The number of carbonyl (C=O) groups is 1. The molecule has 3 atom stereocenters. The molecule has 2 N–H and O–H groups in total. The lowest BCUT2D eigenvalue weighted by Gasteiger charge is -2.18. The second-order valence-electron chi connectivity index (χ2n) is 9.81. The Morgan fingerprint density at radius 2 is 1.94 bits per heavy atom. The van der Waals surface area contributed by atoms with Crippen molar-refractivity contribution in [2.24, 2.45) is 13.0 Å². The standard InChI is InChI=1S/C27H27N7O2/c1-14-9-16(26-31-33-34(3)32-26)10-15(2)25(14)19-6-4-5-18-17(19)7-8-22(18)30-24-13-28-23(12-29-24)20-11-21(20)27(35)36/h4-6,9-10,12-13,20-22H,7-8,11H2,1-3H3,(H,29,30)(H,35,36)/t20-,21-,22+/m0/s1. The lowest BCUT2D eigenvalue weighted by molar-refractivity contribution is -0.138. The highest BCUT2D eigenvalue weighted by molar-refractivity contribution is 5.78. The fraction of sp³-hybridized carbons (Fsp3) is 0.333. The molecule has 4 aromatic rings. The summed E-state index contributed by atoms with van der Waals surface area (Å²) in [5, 5.41) is 25.2. The predicted octanol–water partition coefficient (Wildman–Crippen LogP) is 4.24. The second-order valence-corrected chi connectivity index (χ2v) is 9.81. The third-order valence-corrected chi connectivity index (χ3v) is 7.32. The first kappa shape index (κ1) is 22.3. The zero-order valence-electron chi connectivity index (χ0n) is 20.4. The van der Waals surface area contributed by atoms with E-state index in [2.05, 4.69) is 74.9 Å². The summed E-state index contributed by atoms with van der Waals surface area (Å²) in [5.74, 6) is 0.248. The molecule has 9 heteroatoms. The Bertz CT molecular complexity index is 1450. The smallest absolute Gasteiger partial charge is 0.307 e. The molecule has 0 bridgehead atoms. The van der Waals surface area contributed by atoms with Gasteiger partial charge >= 0.3 is 5.97 Å². The highest BCUT2D eigenvalue weighted by atomic mass is 16.4. The lowest BCUT2D eigenvalue weighted by Crippen LogP contribution is -2.09. The Kier molecular flexibility index (Phi) is 5.28. The van der Waals surface area contributed by atoms with E-state index in [0.29, 0.717) is 18.1 Å². The molecule has 0 saturated heterocycles. The third kappa shape index (κ3) is 3.90. The number of carboxylic acid groups (broad SMARTS) is 1. The van der Waals surface area contributed by atoms with Crippen LogP contribution in [0.25, 0.3) is 22.5 Å². The largest absolute Gasteiger partial charge is 0.481 e. The maximum absolute atomic E-state index is 11.1. The van der Waals surface area contributed by atoms with E-state index in [9.17, 15) is 4.79 Å². The van der Waals surface area contributed by atoms with Crippen molar-refractivity contribution in [1.29, 1.82) is 0 Å². The van der Waals surface area contributed by atoms with Crippen LogP contribution >= 0.6 is 0 Å². The number of carboxylic acids is 1. The van der Waals surface area contributed by atoms with Crippen molar-refractivity contribution < 1.29 is 9.90 Å². The number of aliphatic carboxylic acids is 1. The summed E-state index contributed by atoms with van der Waals surface area (Å²) >= 11 is 0. The summed E-state index contributed by atoms with van der Waals surface area (Å²) in [4.78, 5) is 21.6. The average Bonchev–Trinajstić information content (AvgIpc) is 3.39. The quantitative estimate of drug-likeness (QED) is 0.420. The van der Waals surface area contributed by atoms with Crippen LogP contribution in [0.15, 0.2) is 42.7 Å². The number of fused-ring (bicyclic) bond motifs is 1. The number of rotatable bonds is 6. The predicted molar refractivity (Wildman–Crippen MR) is 134 cm³/mol. The number of anilines is 1. The normalized spacial score (nSPS) is 20.2. The zero-order valence-corrected chi connectivity index (χ0v) is 20.4.